The van der Waals surface area contributed by atoms with E-state index in [2.05, 4.69) is 22.6 Å². The molecule has 0 amide bonds. The van der Waals surface area contributed by atoms with Gasteiger partial charge in [0.2, 0.25) is 0 Å². The largest absolute Gasteiger partial charge is 0.311 e. The summed E-state index contributed by atoms with van der Waals surface area (Å²) < 4.78 is 1.91. The number of nitrogens with zero attached hydrogens (tertiary/aromatic N) is 3. The van der Waals surface area contributed by atoms with Crippen molar-refractivity contribution in [3.05, 3.63) is 42.2 Å². The Morgan fingerprint density at radius 1 is 1.32 bits per heavy atom. The second-order valence-electron chi connectivity index (χ2n) is 4.32. The molecule has 1 atom stereocenters. The molecule has 1 N–H and O–H groups in total. The van der Waals surface area contributed by atoms with Gasteiger partial charge in [0.1, 0.15) is 0 Å². The summed E-state index contributed by atoms with van der Waals surface area (Å²) in [5, 5.41) is 11.6. The van der Waals surface area contributed by atoms with Crippen LogP contribution in [-0.4, -0.2) is 33.5 Å². The van der Waals surface area contributed by atoms with Crippen molar-refractivity contribution >= 4 is 11.8 Å². The average Bonchev–Trinajstić information content (AvgIpc) is 2.94. The number of aromatic nitrogens is 3. The van der Waals surface area contributed by atoms with E-state index in [1.54, 1.807) is 0 Å². The molecule has 1 aromatic carbocycles. The molecule has 19 heavy (non-hydrogen) atoms. The second-order valence-corrected chi connectivity index (χ2v) is 5.47. The Balaban J connectivity index is 2.18. The summed E-state index contributed by atoms with van der Waals surface area (Å²) in [5.74, 6) is 2.22. The Labute approximate surface area is 118 Å². The van der Waals surface area contributed by atoms with Gasteiger partial charge in [-0.25, -0.2) is 4.68 Å². The van der Waals surface area contributed by atoms with E-state index >= 15 is 0 Å². The highest BCUT2D eigenvalue weighted by molar-refractivity contribution is 7.99. The van der Waals surface area contributed by atoms with E-state index < -0.39 is 0 Å². The van der Waals surface area contributed by atoms with Crippen LogP contribution < -0.4 is 5.32 Å². The predicted octanol–water partition coefficient (Wildman–Crippen LogP) is 2.67. The van der Waals surface area contributed by atoms with Gasteiger partial charge in [-0.15, -0.1) is 5.10 Å². The molecule has 0 spiro atoms. The molecule has 0 fully saturated rings. The highest BCUT2D eigenvalue weighted by atomic mass is 32.2. The smallest absolute Gasteiger partial charge is 0.0823 e. The SMILES string of the molecule is CCCSCC(NC)c1cnnn1-c1ccccc1. The Morgan fingerprint density at radius 2 is 2.11 bits per heavy atom. The molecule has 5 heteroatoms. The minimum Gasteiger partial charge on any atom is -0.311 e. The lowest BCUT2D eigenvalue weighted by atomic mass is 10.2. The maximum absolute atomic E-state index is 4.20. The molecule has 0 saturated heterocycles. The van der Waals surface area contributed by atoms with Gasteiger partial charge in [-0.05, 0) is 31.4 Å². The van der Waals surface area contributed by atoms with Crippen LogP contribution in [-0.2, 0) is 0 Å². The molecule has 1 heterocycles. The Morgan fingerprint density at radius 3 is 2.79 bits per heavy atom. The summed E-state index contributed by atoms with van der Waals surface area (Å²) >= 11 is 1.96. The molecule has 0 aliphatic rings. The summed E-state index contributed by atoms with van der Waals surface area (Å²) in [5.41, 5.74) is 2.16. The molecule has 2 rings (SSSR count). The third-order valence-electron chi connectivity index (χ3n) is 2.91. The summed E-state index contributed by atoms with van der Waals surface area (Å²) in [6, 6.07) is 10.4. The number of hydrogen-bond acceptors (Lipinski definition) is 4. The number of para-hydroxylation sites is 1. The van der Waals surface area contributed by atoms with E-state index in [1.165, 1.54) is 12.2 Å². The van der Waals surface area contributed by atoms with E-state index in [0.29, 0.717) is 0 Å². The lowest BCUT2D eigenvalue weighted by Crippen LogP contribution is -2.22. The van der Waals surface area contributed by atoms with Crippen molar-refractivity contribution in [2.45, 2.75) is 19.4 Å². The van der Waals surface area contributed by atoms with E-state index in [9.17, 15) is 0 Å². The molecule has 0 aliphatic carbocycles. The van der Waals surface area contributed by atoms with Crippen LogP contribution in [0.2, 0.25) is 0 Å². The third-order valence-corrected chi connectivity index (χ3v) is 4.18. The van der Waals surface area contributed by atoms with Crippen LogP contribution in [0.5, 0.6) is 0 Å². The van der Waals surface area contributed by atoms with Crippen molar-refractivity contribution in [1.29, 1.82) is 0 Å². The summed E-state index contributed by atoms with van der Waals surface area (Å²) in [4.78, 5) is 0. The first kappa shape index (κ1) is 14.1. The molecule has 4 nitrogen and oxygen atoms in total. The maximum atomic E-state index is 4.20. The highest BCUT2D eigenvalue weighted by Gasteiger charge is 2.16. The Hall–Kier alpha value is -1.33. The van der Waals surface area contributed by atoms with Crippen molar-refractivity contribution in [2.75, 3.05) is 18.6 Å². The van der Waals surface area contributed by atoms with Gasteiger partial charge in [0, 0.05) is 5.75 Å². The van der Waals surface area contributed by atoms with Crippen molar-refractivity contribution in [3.8, 4) is 5.69 Å². The van der Waals surface area contributed by atoms with E-state index in [-0.39, 0.29) is 6.04 Å². The van der Waals surface area contributed by atoms with Crippen molar-refractivity contribution < 1.29 is 0 Å². The molecule has 0 aliphatic heterocycles. The second kappa shape index (κ2) is 7.31. The third kappa shape index (κ3) is 3.58. The van der Waals surface area contributed by atoms with Crippen LogP contribution in [0.25, 0.3) is 5.69 Å². The molecular formula is C14H20N4S. The van der Waals surface area contributed by atoms with Crippen molar-refractivity contribution in [1.82, 2.24) is 20.3 Å². The van der Waals surface area contributed by atoms with Gasteiger partial charge in [0.05, 0.1) is 23.6 Å². The normalized spacial score (nSPS) is 12.5. The molecule has 0 radical (unpaired) electrons. The van der Waals surface area contributed by atoms with Crippen LogP contribution in [0.4, 0.5) is 0 Å². The topological polar surface area (TPSA) is 42.7 Å². The Kier molecular flexibility index (Phi) is 5.42. The first-order valence-electron chi connectivity index (χ1n) is 6.57. The van der Waals surface area contributed by atoms with Crippen LogP contribution in [0.1, 0.15) is 25.1 Å². The molecule has 0 bridgehead atoms. The van der Waals surface area contributed by atoms with Crippen molar-refractivity contribution in [3.63, 3.8) is 0 Å². The molecule has 1 aromatic heterocycles. The van der Waals surface area contributed by atoms with Crippen LogP contribution in [0.15, 0.2) is 36.5 Å². The van der Waals surface area contributed by atoms with Gasteiger partial charge >= 0.3 is 0 Å². The van der Waals surface area contributed by atoms with Crippen LogP contribution >= 0.6 is 11.8 Å². The lowest BCUT2D eigenvalue weighted by Gasteiger charge is -2.16. The number of rotatable bonds is 7. The Bertz CT molecular complexity index is 483. The fraction of sp³-hybridized carbons (Fsp3) is 0.429. The van der Waals surface area contributed by atoms with E-state index in [1.807, 2.05) is 60.0 Å². The predicted molar refractivity (Wildman–Crippen MR) is 80.8 cm³/mol. The average molecular weight is 276 g/mol. The van der Waals surface area contributed by atoms with Gasteiger partial charge in [-0.2, -0.15) is 11.8 Å². The van der Waals surface area contributed by atoms with E-state index in [4.69, 9.17) is 0 Å². The first-order valence-corrected chi connectivity index (χ1v) is 7.73. The number of hydrogen-bond donors (Lipinski definition) is 1. The van der Waals surface area contributed by atoms with Crippen LogP contribution in [0, 0.1) is 0 Å². The summed E-state index contributed by atoms with van der Waals surface area (Å²) in [6.07, 6.45) is 3.05. The van der Waals surface area contributed by atoms with Gasteiger partial charge < -0.3 is 5.32 Å². The lowest BCUT2D eigenvalue weighted by molar-refractivity contribution is 0.610. The minimum absolute atomic E-state index is 0.270. The summed E-state index contributed by atoms with van der Waals surface area (Å²) in [6.45, 7) is 2.21. The zero-order chi connectivity index (χ0) is 13.5. The fourth-order valence-corrected chi connectivity index (χ4v) is 2.94. The molecular weight excluding hydrogens is 256 g/mol. The van der Waals surface area contributed by atoms with Crippen molar-refractivity contribution in [2.24, 2.45) is 0 Å². The zero-order valence-corrected chi connectivity index (χ0v) is 12.2. The summed E-state index contributed by atoms with van der Waals surface area (Å²) in [7, 11) is 1.99. The maximum Gasteiger partial charge on any atom is 0.0823 e. The molecule has 0 saturated carbocycles. The van der Waals surface area contributed by atoms with E-state index in [0.717, 1.165) is 17.1 Å². The van der Waals surface area contributed by atoms with Gasteiger partial charge in [-0.3, -0.25) is 0 Å². The number of thioether (sulfide) groups is 1. The number of nitrogens with one attached hydrogen (secondary N) is 1. The monoisotopic (exact) mass is 276 g/mol. The minimum atomic E-state index is 0.270. The zero-order valence-electron chi connectivity index (χ0n) is 11.4. The fourth-order valence-electron chi connectivity index (χ4n) is 1.91. The highest BCUT2D eigenvalue weighted by Crippen LogP contribution is 2.20. The molecule has 2 aromatic rings. The molecule has 1 unspecified atom stereocenters. The standard InChI is InChI=1S/C14H20N4S/c1-3-9-19-11-13(15-2)14-10-16-17-18(14)12-7-5-4-6-8-12/h4-8,10,13,15H,3,9,11H2,1-2H3. The van der Waals surface area contributed by atoms with Gasteiger partial charge in [-0.1, -0.05) is 30.3 Å². The number of benzene rings is 1. The van der Waals surface area contributed by atoms with Gasteiger partial charge in [0.15, 0.2) is 0 Å². The quantitative estimate of drug-likeness (QED) is 0.790. The van der Waals surface area contributed by atoms with Crippen LogP contribution in [0.3, 0.4) is 0 Å². The van der Waals surface area contributed by atoms with Gasteiger partial charge in [0.25, 0.3) is 0 Å². The molecule has 102 valence electrons. The first-order chi connectivity index (χ1) is 9.36.